The molecule has 0 aliphatic heterocycles. The Hall–Kier alpha value is -0.590. The predicted octanol–water partition coefficient (Wildman–Crippen LogP) is 0.369. The van der Waals surface area contributed by atoms with Gasteiger partial charge < -0.3 is 10.8 Å². The summed E-state index contributed by atoms with van der Waals surface area (Å²) in [7, 11) is 0. The first kappa shape index (κ1) is 6.53. The Balaban J connectivity index is 3.17. The zero-order chi connectivity index (χ0) is 6.85. The van der Waals surface area contributed by atoms with E-state index in [1.807, 2.05) is 22.6 Å². The molecule has 0 fully saturated rings. The number of nitrogens with zero attached hydrogens (tertiary/aromatic N) is 2. The molecule has 0 saturated carbocycles. The average molecular weight is 237 g/mol. The first-order chi connectivity index (χ1) is 4.18. The third-order valence-corrected chi connectivity index (χ3v) is 1.25. The maximum absolute atomic E-state index is 8.76. The maximum Gasteiger partial charge on any atom is 0.224 e. The van der Waals surface area contributed by atoms with Crippen LogP contribution in [0.2, 0.25) is 0 Å². The Morgan fingerprint density at radius 3 is 2.67 bits per heavy atom. The fraction of sp³-hybridized carbons (Fsp3) is 0. The van der Waals surface area contributed by atoms with Crippen molar-refractivity contribution in [3.05, 3.63) is 9.77 Å². The summed E-state index contributed by atoms with van der Waals surface area (Å²) >= 11 is 1.94. The number of nitrogen functional groups attached to an aromatic ring is 1. The highest BCUT2D eigenvalue weighted by molar-refractivity contribution is 14.1. The number of aromatic nitrogens is 2. The number of rotatable bonds is 0. The number of hydrogen-bond acceptors (Lipinski definition) is 4. The summed E-state index contributed by atoms with van der Waals surface area (Å²) in [5.74, 6) is 0.00583. The number of aromatic hydroxyl groups is 1. The van der Waals surface area contributed by atoms with E-state index in [-0.39, 0.29) is 11.8 Å². The summed E-state index contributed by atoms with van der Waals surface area (Å²) in [6, 6.07) is 1.43. The van der Waals surface area contributed by atoms with Crippen molar-refractivity contribution in [2.45, 2.75) is 0 Å². The van der Waals surface area contributed by atoms with Gasteiger partial charge in [-0.3, -0.25) is 0 Å². The Morgan fingerprint density at radius 1 is 1.56 bits per heavy atom. The SMILES string of the molecule is Nc1nc(O)cc(I)n1. The minimum absolute atomic E-state index is 0.0908. The molecule has 0 spiro atoms. The molecule has 0 aliphatic carbocycles. The van der Waals surface area contributed by atoms with Crippen LogP contribution in [0.3, 0.4) is 0 Å². The Morgan fingerprint density at radius 2 is 2.22 bits per heavy atom. The summed E-state index contributed by atoms with van der Waals surface area (Å²) in [6.07, 6.45) is 0. The molecule has 1 aromatic rings. The van der Waals surface area contributed by atoms with Gasteiger partial charge in [-0.15, -0.1) is 0 Å². The molecule has 1 rings (SSSR count). The molecule has 0 saturated heterocycles. The Bertz CT molecular complexity index is 177. The van der Waals surface area contributed by atoms with Crippen molar-refractivity contribution in [3.8, 4) is 5.88 Å². The minimum atomic E-state index is -0.0908. The molecule has 0 unspecified atom stereocenters. The van der Waals surface area contributed by atoms with Gasteiger partial charge in [0.1, 0.15) is 3.70 Å². The second-order valence-electron chi connectivity index (χ2n) is 1.41. The first-order valence-corrected chi connectivity index (χ1v) is 3.25. The fourth-order valence-corrected chi connectivity index (χ4v) is 0.949. The van der Waals surface area contributed by atoms with Crippen LogP contribution in [0.5, 0.6) is 5.88 Å². The highest BCUT2D eigenvalue weighted by Gasteiger charge is 1.94. The summed E-state index contributed by atoms with van der Waals surface area (Å²) in [5, 5.41) is 8.76. The predicted molar refractivity (Wildman–Crippen MR) is 40.8 cm³/mol. The van der Waals surface area contributed by atoms with Gasteiger partial charge in [0.2, 0.25) is 11.8 Å². The lowest BCUT2D eigenvalue weighted by Gasteiger charge is -1.92. The second-order valence-corrected chi connectivity index (χ2v) is 2.51. The van der Waals surface area contributed by atoms with Crippen LogP contribution in [0.25, 0.3) is 0 Å². The van der Waals surface area contributed by atoms with Crippen molar-refractivity contribution in [2.24, 2.45) is 0 Å². The summed E-state index contributed by atoms with van der Waals surface area (Å²) < 4.78 is 0.637. The van der Waals surface area contributed by atoms with Crippen molar-refractivity contribution in [1.29, 1.82) is 0 Å². The van der Waals surface area contributed by atoms with Crippen LogP contribution in [0.15, 0.2) is 6.07 Å². The van der Waals surface area contributed by atoms with Crippen LogP contribution < -0.4 is 5.73 Å². The number of halogens is 1. The number of hydrogen-bond donors (Lipinski definition) is 2. The van der Waals surface area contributed by atoms with E-state index < -0.39 is 0 Å². The fourth-order valence-electron chi connectivity index (χ4n) is 0.423. The molecule has 4 nitrogen and oxygen atoms in total. The molecule has 9 heavy (non-hydrogen) atoms. The van der Waals surface area contributed by atoms with Crippen LogP contribution in [-0.4, -0.2) is 15.1 Å². The molecule has 48 valence electrons. The van der Waals surface area contributed by atoms with Crippen molar-refractivity contribution in [3.63, 3.8) is 0 Å². The van der Waals surface area contributed by atoms with Crippen LogP contribution in [0.1, 0.15) is 0 Å². The van der Waals surface area contributed by atoms with Crippen LogP contribution in [0, 0.1) is 3.70 Å². The lowest BCUT2D eigenvalue weighted by Crippen LogP contribution is -1.94. The molecular formula is C4H4IN3O. The number of nitrogens with two attached hydrogens (primary N) is 1. The van der Waals surface area contributed by atoms with Gasteiger partial charge in [-0.1, -0.05) is 0 Å². The Kier molecular flexibility index (Phi) is 1.70. The number of anilines is 1. The van der Waals surface area contributed by atoms with E-state index in [1.165, 1.54) is 6.07 Å². The van der Waals surface area contributed by atoms with Gasteiger partial charge in [-0.25, -0.2) is 4.98 Å². The van der Waals surface area contributed by atoms with Crippen LogP contribution >= 0.6 is 22.6 Å². The molecule has 3 N–H and O–H groups in total. The summed E-state index contributed by atoms with van der Waals surface area (Å²) in [6.45, 7) is 0. The van der Waals surface area contributed by atoms with E-state index in [1.54, 1.807) is 0 Å². The normalized spacial score (nSPS) is 9.44. The van der Waals surface area contributed by atoms with Gasteiger partial charge >= 0.3 is 0 Å². The maximum atomic E-state index is 8.76. The van der Waals surface area contributed by atoms with E-state index in [2.05, 4.69) is 9.97 Å². The molecule has 0 aromatic carbocycles. The largest absolute Gasteiger partial charge is 0.493 e. The van der Waals surface area contributed by atoms with E-state index in [0.717, 1.165) is 0 Å². The summed E-state index contributed by atoms with van der Waals surface area (Å²) in [5.41, 5.74) is 5.17. The van der Waals surface area contributed by atoms with Gasteiger partial charge in [0.15, 0.2) is 0 Å². The van der Waals surface area contributed by atoms with Crippen LogP contribution in [-0.2, 0) is 0 Å². The Labute approximate surface area is 65.3 Å². The smallest absolute Gasteiger partial charge is 0.224 e. The van der Waals surface area contributed by atoms with E-state index in [4.69, 9.17) is 10.8 Å². The molecule has 0 amide bonds. The van der Waals surface area contributed by atoms with Gasteiger partial charge in [-0.05, 0) is 22.6 Å². The van der Waals surface area contributed by atoms with E-state index in [0.29, 0.717) is 3.70 Å². The van der Waals surface area contributed by atoms with E-state index >= 15 is 0 Å². The van der Waals surface area contributed by atoms with E-state index in [9.17, 15) is 0 Å². The van der Waals surface area contributed by atoms with Gasteiger partial charge in [-0.2, -0.15) is 4.98 Å². The lowest BCUT2D eigenvalue weighted by molar-refractivity contribution is 0.452. The van der Waals surface area contributed by atoms with Gasteiger partial charge in [0.25, 0.3) is 0 Å². The first-order valence-electron chi connectivity index (χ1n) is 2.17. The standard InChI is InChI=1S/C4H4IN3O/c5-2-1-3(9)8-4(6)7-2/h1H,(H3,6,7,8,9). The molecule has 0 radical (unpaired) electrons. The third-order valence-electron chi connectivity index (χ3n) is 0.699. The minimum Gasteiger partial charge on any atom is -0.493 e. The second kappa shape index (κ2) is 2.34. The van der Waals surface area contributed by atoms with Crippen molar-refractivity contribution < 1.29 is 5.11 Å². The molecule has 0 bridgehead atoms. The van der Waals surface area contributed by atoms with Crippen molar-refractivity contribution in [2.75, 3.05) is 5.73 Å². The molecule has 5 heteroatoms. The quantitative estimate of drug-likeness (QED) is 0.505. The molecule has 1 heterocycles. The topological polar surface area (TPSA) is 72.0 Å². The molecule has 1 aromatic heterocycles. The van der Waals surface area contributed by atoms with Gasteiger partial charge in [0.05, 0.1) is 0 Å². The van der Waals surface area contributed by atoms with Crippen LogP contribution in [0.4, 0.5) is 5.95 Å². The monoisotopic (exact) mass is 237 g/mol. The highest BCUT2D eigenvalue weighted by atomic mass is 127. The zero-order valence-electron chi connectivity index (χ0n) is 4.37. The van der Waals surface area contributed by atoms with Gasteiger partial charge in [0, 0.05) is 6.07 Å². The lowest BCUT2D eigenvalue weighted by atomic mass is 10.6. The molecule has 0 atom stereocenters. The highest BCUT2D eigenvalue weighted by Crippen LogP contribution is 2.09. The average Bonchev–Trinajstić information content (AvgIpc) is 1.59. The molecular weight excluding hydrogens is 233 g/mol. The zero-order valence-corrected chi connectivity index (χ0v) is 6.53. The van der Waals surface area contributed by atoms with Crippen molar-refractivity contribution in [1.82, 2.24) is 9.97 Å². The third kappa shape index (κ3) is 1.67. The van der Waals surface area contributed by atoms with Crippen molar-refractivity contribution >= 4 is 28.5 Å². The summed E-state index contributed by atoms with van der Waals surface area (Å²) in [4.78, 5) is 7.18. The molecule has 0 aliphatic rings.